The average Bonchev–Trinajstić information content (AvgIpc) is 3.39. The van der Waals surface area contributed by atoms with Crippen LogP contribution in [0.25, 0.3) is 0 Å². The molecule has 1 aliphatic heterocycles. The SMILES string of the molecule is C=CC=CC=CC1NC(=O)C(CC(C)C)N1C(=O)C1CC1c1ccccc1. The summed E-state index contributed by atoms with van der Waals surface area (Å²) in [5.41, 5.74) is 1.20. The molecule has 0 bridgehead atoms. The van der Waals surface area contributed by atoms with E-state index in [0.29, 0.717) is 12.3 Å². The van der Waals surface area contributed by atoms with Gasteiger partial charge in [0.05, 0.1) is 0 Å². The van der Waals surface area contributed by atoms with Gasteiger partial charge in [-0.1, -0.05) is 75.1 Å². The molecule has 0 radical (unpaired) electrons. The third-order valence-electron chi connectivity index (χ3n) is 5.16. The number of amides is 2. The van der Waals surface area contributed by atoms with Crippen LogP contribution in [0.15, 0.2) is 67.3 Å². The molecule has 142 valence electrons. The third kappa shape index (κ3) is 4.38. The Labute approximate surface area is 161 Å². The number of carbonyl (C=O) groups is 2. The summed E-state index contributed by atoms with van der Waals surface area (Å²) in [5.74, 6) is 0.587. The first-order valence-corrected chi connectivity index (χ1v) is 9.66. The molecule has 4 nitrogen and oxygen atoms in total. The van der Waals surface area contributed by atoms with Crippen LogP contribution in [-0.4, -0.2) is 28.9 Å². The molecule has 27 heavy (non-hydrogen) atoms. The fourth-order valence-corrected chi connectivity index (χ4v) is 3.77. The number of allylic oxidation sites excluding steroid dienone is 4. The monoisotopic (exact) mass is 364 g/mol. The van der Waals surface area contributed by atoms with Gasteiger partial charge in [-0.15, -0.1) is 0 Å². The maximum atomic E-state index is 13.3. The topological polar surface area (TPSA) is 49.4 Å². The van der Waals surface area contributed by atoms with E-state index < -0.39 is 6.04 Å². The molecule has 4 heteroatoms. The summed E-state index contributed by atoms with van der Waals surface area (Å²) in [7, 11) is 0. The van der Waals surface area contributed by atoms with Gasteiger partial charge < -0.3 is 10.2 Å². The smallest absolute Gasteiger partial charge is 0.244 e. The van der Waals surface area contributed by atoms with Crippen molar-refractivity contribution in [2.24, 2.45) is 11.8 Å². The van der Waals surface area contributed by atoms with Crippen molar-refractivity contribution in [3.63, 3.8) is 0 Å². The number of hydrogen-bond donors (Lipinski definition) is 1. The van der Waals surface area contributed by atoms with Crippen LogP contribution >= 0.6 is 0 Å². The second-order valence-electron chi connectivity index (χ2n) is 7.71. The summed E-state index contributed by atoms with van der Waals surface area (Å²) in [4.78, 5) is 27.6. The standard InChI is InChI=1S/C23H28N2O2/c1-4-5-6-10-13-21-24-22(26)20(14-16(2)3)25(21)23(27)19-15-18(19)17-11-8-7-9-12-17/h4-13,16,18-21H,1,14-15H2,2-3H3,(H,24,26). The van der Waals surface area contributed by atoms with Crippen LogP contribution < -0.4 is 5.32 Å². The average molecular weight is 364 g/mol. The van der Waals surface area contributed by atoms with Crippen LogP contribution in [0, 0.1) is 11.8 Å². The molecule has 0 aromatic heterocycles. The molecule has 1 N–H and O–H groups in total. The molecule has 1 heterocycles. The van der Waals surface area contributed by atoms with Crippen molar-refractivity contribution in [1.82, 2.24) is 10.2 Å². The van der Waals surface area contributed by atoms with Crippen LogP contribution in [-0.2, 0) is 9.59 Å². The molecule has 1 saturated carbocycles. The largest absolute Gasteiger partial charge is 0.331 e. The summed E-state index contributed by atoms with van der Waals surface area (Å²) >= 11 is 0. The number of benzene rings is 1. The molecule has 1 saturated heterocycles. The Morgan fingerprint density at radius 2 is 2.00 bits per heavy atom. The van der Waals surface area contributed by atoms with Gasteiger partial charge in [-0.05, 0) is 36.3 Å². The Hall–Kier alpha value is -2.62. The van der Waals surface area contributed by atoms with Gasteiger partial charge >= 0.3 is 0 Å². The van der Waals surface area contributed by atoms with Crippen LogP contribution in [0.2, 0.25) is 0 Å². The zero-order valence-corrected chi connectivity index (χ0v) is 16.0. The summed E-state index contributed by atoms with van der Waals surface area (Å²) in [6.07, 6.45) is 10.2. The first kappa shape index (κ1) is 19.2. The van der Waals surface area contributed by atoms with Crippen molar-refractivity contribution in [2.45, 2.75) is 44.8 Å². The molecule has 1 aromatic carbocycles. The second-order valence-corrected chi connectivity index (χ2v) is 7.71. The van der Waals surface area contributed by atoms with Crippen LogP contribution in [0.3, 0.4) is 0 Å². The van der Waals surface area contributed by atoms with Gasteiger partial charge in [0.2, 0.25) is 11.8 Å². The fraction of sp³-hybridized carbons (Fsp3) is 0.391. The number of rotatable bonds is 7. The zero-order valence-electron chi connectivity index (χ0n) is 16.0. The van der Waals surface area contributed by atoms with Gasteiger partial charge in [0.15, 0.2) is 0 Å². The van der Waals surface area contributed by atoms with E-state index in [2.05, 4.69) is 37.9 Å². The highest BCUT2D eigenvalue weighted by atomic mass is 16.2. The molecular formula is C23H28N2O2. The Kier molecular flexibility index (Phi) is 5.94. The maximum absolute atomic E-state index is 13.3. The molecule has 4 unspecified atom stereocenters. The van der Waals surface area contributed by atoms with Gasteiger partial charge in [-0.3, -0.25) is 9.59 Å². The zero-order chi connectivity index (χ0) is 19.4. The van der Waals surface area contributed by atoms with Crippen molar-refractivity contribution < 1.29 is 9.59 Å². The van der Waals surface area contributed by atoms with Crippen LogP contribution in [0.4, 0.5) is 0 Å². The van der Waals surface area contributed by atoms with Crippen molar-refractivity contribution in [2.75, 3.05) is 0 Å². The minimum Gasteiger partial charge on any atom is -0.331 e. The third-order valence-corrected chi connectivity index (χ3v) is 5.16. The van der Waals surface area contributed by atoms with E-state index in [1.54, 1.807) is 11.0 Å². The predicted molar refractivity (Wildman–Crippen MR) is 108 cm³/mol. The Morgan fingerprint density at radius 3 is 2.67 bits per heavy atom. The normalized spacial score (nSPS) is 27.5. The molecule has 4 atom stereocenters. The minimum absolute atomic E-state index is 0.0330. The van der Waals surface area contributed by atoms with Crippen molar-refractivity contribution >= 4 is 11.8 Å². The Bertz CT molecular complexity index is 751. The predicted octanol–water partition coefficient (Wildman–Crippen LogP) is 3.79. The molecule has 1 aliphatic carbocycles. The minimum atomic E-state index is -0.396. The van der Waals surface area contributed by atoms with E-state index in [0.717, 1.165) is 6.42 Å². The lowest BCUT2D eigenvalue weighted by Gasteiger charge is -2.27. The van der Waals surface area contributed by atoms with E-state index in [1.807, 2.05) is 42.5 Å². The van der Waals surface area contributed by atoms with Crippen LogP contribution in [0.5, 0.6) is 0 Å². The van der Waals surface area contributed by atoms with Gasteiger partial charge in [-0.2, -0.15) is 0 Å². The summed E-state index contributed by atoms with van der Waals surface area (Å²) in [5, 5.41) is 2.97. The molecule has 2 aliphatic rings. The highest BCUT2D eigenvalue weighted by Crippen LogP contribution is 2.49. The lowest BCUT2D eigenvalue weighted by molar-refractivity contribution is -0.137. The molecular weight excluding hydrogens is 336 g/mol. The van der Waals surface area contributed by atoms with E-state index in [-0.39, 0.29) is 29.8 Å². The molecule has 2 fully saturated rings. The van der Waals surface area contributed by atoms with E-state index in [1.165, 1.54) is 5.56 Å². The van der Waals surface area contributed by atoms with Gasteiger partial charge in [0.1, 0.15) is 12.2 Å². The molecule has 2 amide bonds. The summed E-state index contributed by atoms with van der Waals surface area (Å²) in [6.45, 7) is 7.80. The summed E-state index contributed by atoms with van der Waals surface area (Å²) in [6, 6.07) is 9.77. The van der Waals surface area contributed by atoms with Crippen molar-refractivity contribution in [3.05, 3.63) is 72.9 Å². The highest BCUT2D eigenvalue weighted by Gasteiger charge is 2.51. The number of carbonyl (C=O) groups excluding carboxylic acids is 2. The number of nitrogens with one attached hydrogen (secondary N) is 1. The van der Waals surface area contributed by atoms with Gasteiger partial charge in [0, 0.05) is 5.92 Å². The molecule has 0 spiro atoms. The van der Waals surface area contributed by atoms with Crippen molar-refractivity contribution in [3.8, 4) is 0 Å². The number of hydrogen-bond acceptors (Lipinski definition) is 2. The Morgan fingerprint density at radius 1 is 1.26 bits per heavy atom. The van der Waals surface area contributed by atoms with E-state index in [9.17, 15) is 9.59 Å². The quantitative estimate of drug-likeness (QED) is 0.749. The Balaban J connectivity index is 1.79. The summed E-state index contributed by atoms with van der Waals surface area (Å²) < 4.78 is 0. The highest BCUT2D eigenvalue weighted by molar-refractivity contribution is 5.93. The molecule has 3 rings (SSSR count). The van der Waals surface area contributed by atoms with E-state index >= 15 is 0 Å². The van der Waals surface area contributed by atoms with Gasteiger partial charge in [-0.25, -0.2) is 0 Å². The number of nitrogens with zero attached hydrogens (tertiary/aromatic N) is 1. The second kappa shape index (κ2) is 8.38. The lowest BCUT2D eigenvalue weighted by atomic mass is 10.0. The van der Waals surface area contributed by atoms with Crippen LogP contribution in [0.1, 0.15) is 38.2 Å². The fourth-order valence-electron chi connectivity index (χ4n) is 3.77. The van der Waals surface area contributed by atoms with E-state index in [4.69, 9.17) is 0 Å². The first-order chi connectivity index (χ1) is 13.0. The lowest BCUT2D eigenvalue weighted by Crippen LogP contribution is -2.44. The van der Waals surface area contributed by atoms with Gasteiger partial charge in [0.25, 0.3) is 0 Å². The first-order valence-electron chi connectivity index (χ1n) is 9.66. The van der Waals surface area contributed by atoms with Crippen molar-refractivity contribution in [1.29, 1.82) is 0 Å². The molecule has 1 aromatic rings. The maximum Gasteiger partial charge on any atom is 0.244 e.